The summed E-state index contributed by atoms with van der Waals surface area (Å²) >= 11 is 0. The molecule has 0 saturated carbocycles. The summed E-state index contributed by atoms with van der Waals surface area (Å²) in [5, 5.41) is 19.3. The number of nitrogens with two attached hydrogens (primary N) is 1. The van der Waals surface area contributed by atoms with Crippen LogP contribution in [0.4, 0.5) is 0 Å². The van der Waals surface area contributed by atoms with Crippen LogP contribution < -0.4 is 5.73 Å². The Hall–Kier alpha value is -1.10. The number of benzene rings is 1. The minimum atomic E-state index is -0.730. The predicted octanol–water partition coefficient (Wildman–Crippen LogP) is 0.705. The Balaban J connectivity index is 2.59. The molecular formula is C12H20N2O2. The lowest BCUT2D eigenvalue weighted by molar-refractivity contribution is 0.137. The van der Waals surface area contributed by atoms with E-state index in [9.17, 15) is 10.2 Å². The summed E-state index contributed by atoms with van der Waals surface area (Å²) in [6, 6.07) is 6.26. The van der Waals surface area contributed by atoms with Crippen LogP contribution in [-0.2, 0) is 0 Å². The largest absolute Gasteiger partial charge is 0.508 e. The van der Waals surface area contributed by atoms with Crippen LogP contribution in [0, 0.1) is 0 Å². The molecule has 4 nitrogen and oxygen atoms in total. The summed E-state index contributed by atoms with van der Waals surface area (Å²) in [7, 11) is 3.93. The molecule has 2 unspecified atom stereocenters. The van der Waals surface area contributed by atoms with Gasteiger partial charge in [0.2, 0.25) is 0 Å². The average molecular weight is 224 g/mol. The van der Waals surface area contributed by atoms with Gasteiger partial charge in [-0.1, -0.05) is 12.1 Å². The standard InChI is InChI=1S/C12H20N2O2/c1-14(2)7-6-11(13)12(16)9-4-3-5-10(15)8-9/h3-5,8,11-12,15-16H,6-7,13H2,1-2H3. The molecule has 0 radical (unpaired) electrons. The van der Waals surface area contributed by atoms with Crippen molar-refractivity contribution < 1.29 is 10.2 Å². The third kappa shape index (κ3) is 3.81. The van der Waals surface area contributed by atoms with Crippen LogP contribution in [0.3, 0.4) is 0 Å². The van der Waals surface area contributed by atoms with E-state index in [0.29, 0.717) is 12.0 Å². The fourth-order valence-corrected chi connectivity index (χ4v) is 1.52. The number of hydrogen-bond acceptors (Lipinski definition) is 4. The summed E-state index contributed by atoms with van der Waals surface area (Å²) < 4.78 is 0. The molecule has 0 aliphatic heterocycles. The fraction of sp³-hybridized carbons (Fsp3) is 0.500. The highest BCUT2D eigenvalue weighted by molar-refractivity contribution is 5.29. The van der Waals surface area contributed by atoms with E-state index in [1.54, 1.807) is 24.3 Å². The van der Waals surface area contributed by atoms with Gasteiger partial charge in [-0.25, -0.2) is 0 Å². The van der Waals surface area contributed by atoms with E-state index >= 15 is 0 Å². The molecule has 0 aromatic heterocycles. The van der Waals surface area contributed by atoms with Crippen molar-refractivity contribution in [3.05, 3.63) is 29.8 Å². The first-order valence-electron chi connectivity index (χ1n) is 5.38. The van der Waals surface area contributed by atoms with Crippen molar-refractivity contribution in [3.8, 4) is 5.75 Å². The highest BCUT2D eigenvalue weighted by Crippen LogP contribution is 2.21. The second kappa shape index (κ2) is 5.84. The highest BCUT2D eigenvalue weighted by atomic mass is 16.3. The molecule has 1 aromatic carbocycles. The van der Waals surface area contributed by atoms with Crippen molar-refractivity contribution in [2.75, 3.05) is 20.6 Å². The number of phenolic OH excluding ortho intramolecular Hbond substituents is 1. The van der Waals surface area contributed by atoms with Gasteiger partial charge in [0, 0.05) is 6.04 Å². The van der Waals surface area contributed by atoms with Crippen molar-refractivity contribution >= 4 is 0 Å². The maximum atomic E-state index is 9.97. The third-order valence-electron chi connectivity index (χ3n) is 2.53. The molecule has 0 fully saturated rings. The maximum absolute atomic E-state index is 9.97. The topological polar surface area (TPSA) is 69.7 Å². The Morgan fingerprint density at radius 3 is 2.62 bits per heavy atom. The Kier molecular flexibility index (Phi) is 4.73. The molecule has 0 heterocycles. The van der Waals surface area contributed by atoms with Crippen LogP contribution >= 0.6 is 0 Å². The third-order valence-corrected chi connectivity index (χ3v) is 2.53. The molecule has 0 spiro atoms. The quantitative estimate of drug-likeness (QED) is 0.689. The number of hydrogen-bond donors (Lipinski definition) is 3. The van der Waals surface area contributed by atoms with E-state index in [2.05, 4.69) is 0 Å². The molecule has 0 bridgehead atoms. The molecule has 4 N–H and O–H groups in total. The second-order valence-corrected chi connectivity index (χ2v) is 4.30. The van der Waals surface area contributed by atoms with E-state index in [1.165, 1.54) is 0 Å². The second-order valence-electron chi connectivity index (χ2n) is 4.30. The molecular weight excluding hydrogens is 204 g/mol. The van der Waals surface area contributed by atoms with Gasteiger partial charge in [0.1, 0.15) is 5.75 Å². The first-order chi connectivity index (χ1) is 7.50. The SMILES string of the molecule is CN(C)CCC(N)C(O)c1cccc(O)c1. The molecule has 1 rings (SSSR count). The molecule has 2 atom stereocenters. The minimum Gasteiger partial charge on any atom is -0.508 e. The van der Waals surface area contributed by atoms with E-state index in [0.717, 1.165) is 6.54 Å². The number of rotatable bonds is 5. The number of aliphatic hydroxyl groups is 1. The van der Waals surface area contributed by atoms with Gasteiger partial charge in [-0.05, 0) is 44.8 Å². The van der Waals surface area contributed by atoms with Crippen LogP contribution in [0.25, 0.3) is 0 Å². The number of phenols is 1. The Morgan fingerprint density at radius 2 is 2.06 bits per heavy atom. The van der Waals surface area contributed by atoms with Crippen LogP contribution in [0.2, 0.25) is 0 Å². The number of aromatic hydroxyl groups is 1. The number of nitrogens with zero attached hydrogens (tertiary/aromatic N) is 1. The lowest BCUT2D eigenvalue weighted by atomic mass is 10.0. The Bertz CT molecular complexity index is 329. The van der Waals surface area contributed by atoms with Gasteiger partial charge in [-0.15, -0.1) is 0 Å². The monoisotopic (exact) mass is 224 g/mol. The molecule has 0 aliphatic carbocycles. The van der Waals surface area contributed by atoms with Crippen LogP contribution in [-0.4, -0.2) is 41.8 Å². The Morgan fingerprint density at radius 1 is 1.38 bits per heavy atom. The number of aliphatic hydroxyl groups excluding tert-OH is 1. The lowest BCUT2D eigenvalue weighted by Crippen LogP contribution is -2.32. The molecule has 1 aromatic rings. The van der Waals surface area contributed by atoms with Crippen molar-refractivity contribution in [2.45, 2.75) is 18.6 Å². The van der Waals surface area contributed by atoms with Crippen molar-refractivity contribution in [3.63, 3.8) is 0 Å². The van der Waals surface area contributed by atoms with Gasteiger partial charge in [-0.3, -0.25) is 0 Å². The smallest absolute Gasteiger partial charge is 0.115 e. The van der Waals surface area contributed by atoms with Gasteiger partial charge in [-0.2, -0.15) is 0 Å². The average Bonchev–Trinajstić information content (AvgIpc) is 2.24. The lowest BCUT2D eigenvalue weighted by Gasteiger charge is -2.21. The highest BCUT2D eigenvalue weighted by Gasteiger charge is 2.17. The molecule has 16 heavy (non-hydrogen) atoms. The normalized spacial score (nSPS) is 15.1. The van der Waals surface area contributed by atoms with Crippen LogP contribution in [0.1, 0.15) is 18.1 Å². The summed E-state index contributed by atoms with van der Waals surface area (Å²) in [6.07, 6.45) is -0.0175. The van der Waals surface area contributed by atoms with E-state index < -0.39 is 6.10 Å². The zero-order valence-corrected chi connectivity index (χ0v) is 9.80. The first kappa shape index (κ1) is 13.0. The van der Waals surface area contributed by atoms with Crippen molar-refractivity contribution in [1.29, 1.82) is 0 Å². The molecule has 0 aliphatic rings. The molecule has 0 saturated heterocycles. The van der Waals surface area contributed by atoms with Crippen molar-refractivity contribution in [1.82, 2.24) is 4.90 Å². The summed E-state index contributed by atoms with van der Waals surface area (Å²) in [4.78, 5) is 2.02. The summed E-state index contributed by atoms with van der Waals surface area (Å²) in [5.41, 5.74) is 6.55. The maximum Gasteiger partial charge on any atom is 0.115 e. The minimum absolute atomic E-state index is 0.149. The molecule has 4 heteroatoms. The zero-order valence-electron chi connectivity index (χ0n) is 9.80. The molecule has 90 valence electrons. The van der Waals surface area contributed by atoms with Gasteiger partial charge in [0.15, 0.2) is 0 Å². The van der Waals surface area contributed by atoms with E-state index in [4.69, 9.17) is 5.73 Å². The van der Waals surface area contributed by atoms with Gasteiger partial charge >= 0.3 is 0 Å². The molecule has 0 amide bonds. The summed E-state index contributed by atoms with van der Waals surface area (Å²) in [5.74, 6) is 0.149. The van der Waals surface area contributed by atoms with Crippen LogP contribution in [0.15, 0.2) is 24.3 Å². The van der Waals surface area contributed by atoms with Gasteiger partial charge < -0.3 is 20.8 Å². The van der Waals surface area contributed by atoms with Crippen LogP contribution in [0.5, 0.6) is 5.75 Å². The first-order valence-corrected chi connectivity index (χ1v) is 5.38. The zero-order chi connectivity index (χ0) is 12.1. The fourth-order valence-electron chi connectivity index (χ4n) is 1.52. The summed E-state index contributed by atoms with van der Waals surface area (Å²) in [6.45, 7) is 0.830. The van der Waals surface area contributed by atoms with Crippen molar-refractivity contribution in [2.24, 2.45) is 5.73 Å². The Labute approximate surface area is 96.3 Å². The van der Waals surface area contributed by atoms with E-state index in [1.807, 2.05) is 19.0 Å². The van der Waals surface area contributed by atoms with E-state index in [-0.39, 0.29) is 11.8 Å². The van der Waals surface area contributed by atoms with Gasteiger partial charge in [0.25, 0.3) is 0 Å². The van der Waals surface area contributed by atoms with Gasteiger partial charge in [0.05, 0.1) is 6.10 Å². The predicted molar refractivity (Wildman–Crippen MR) is 64.2 cm³/mol.